The Morgan fingerprint density at radius 2 is 1.75 bits per heavy atom. The second-order valence-corrected chi connectivity index (χ2v) is 4.01. The number of anilines is 1. The fourth-order valence-corrected chi connectivity index (χ4v) is 1.62. The summed E-state index contributed by atoms with van der Waals surface area (Å²) in [6, 6.07) is 10.1. The molecule has 3 heteroatoms. The van der Waals surface area contributed by atoms with Crippen LogP contribution >= 0.6 is 0 Å². The van der Waals surface area contributed by atoms with Crippen molar-refractivity contribution in [3.8, 4) is 0 Å². The summed E-state index contributed by atoms with van der Waals surface area (Å²) in [6.07, 6.45) is 0.728. The van der Waals surface area contributed by atoms with Crippen LogP contribution in [0.3, 0.4) is 0 Å². The van der Waals surface area contributed by atoms with Gasteiger partial charge in [-0.05, 0) is 19.4 Å². The van der Waals surface area contributed by atoms with Gasteiger partial charge in [-0.1, -0.05) is 29.8 Å². The van der Waals surface area contributed by atoms with Gasteiger partial charge in [0.15, 0.2) is 0 Å². The Hall–Kier alpha value is -1.90. The maximum Gasteiger partial charge on any atom is 0.135 e. The molecule has 2 aromatic rings. The number of nitrogens with zero attached hydrogens (tertiary/aromatic N) is 2. The smallest absolute Gasteiger partial charge is 0.135 e. The van der Waals surface area contributed by atoms with E-state index in [2.05, 4.69) is 41.2 Å². The summed E-state index contributed by atoms with van der Waals surface area (Å²) in [5, 5.41) is 0. The summed E-state index contributed by atoms with van der Waals surface area (Å²) in [4.78, 5) is 8.58. The minimum atomic E-state index is 0.537. The number of aromatic nitrogens is 2. The molecule has 2 N–H and O–H groups in total. The number of nitrogens with two attached hydrogens (primary N) is 1. The molecule has 1 heterocycles. The Morgan fingerprint density at radius 3 is 2.38 bits per heavy atom. The molecule has 0 unspecified atom stereocenters. The molecule has 0 aliphatic rings. The summed E-state index contributed by atoms with van der Waals surface area (Å²) >= 11 is 0. The summed E-state index contributed by atoms with van der Waals surface area (Å²) in [5.41, 5.74) is 9.06. The minimum Gasteiger partial charge on any atom is -0.384 e. The number of hydrogen-bond donors (Lipinski definition) is 1. The second-order valence-electron chi connectivity index (χ2n) is 4.01. The number of hydrogen-bond acceptors (Lipinski definition) is 3. The zero-order chi connectivity index (χ0) is 11.5. The second kappa shape index (κ2) is 4.31. The highest BCUT2D eigenvalue weighted by Gasteiger charge is 2.01. The first kappa shape index (κ1) is 10.6. The topological polar surface area (TPSA) is 51.8 Å². The van der Waals surface area contributed by atoms with Crippen LogP contribution in [0, 0.1) is 13.8 Å². The van der Waals surface area contributed by atoms with Crippen molar-refractivity contribution in [1.82, 2.24) is 9.97 Å². The maximum atomic E-state index is 5.69. The molecule has 82 valence electrons. The quantitative estimate of drug-likeness (QED) is 0.832. The molecule has 0 radical (unpaired) electrons. The highest BCUT2D eigenvalue weighted by Crippen LogP contribution is 2.09. The van der Waals surface area contributed by atoms with Gasteiger partial charge >= 0.3 is 0 Å². The van der Waals surface area contributed by atoms with E-state index in [-0.39, 0.29) is 0 Å². The molecule has 0 spiro atoms. The van der Waals surface area contributed by atoms with E-state index < -0.39 is 0 Å². The lowest BCUT2D eigenvalue weighted by atomic mass is 10.1. The van der Waals surface area contributed by atoms with Crippen molar-refractivity contribution in [2.75, 3.05) is 5.73 Å². The standard InChI is InChI=1S/C13H15N3/c1-9-3-5-11(6-4-9)8-13-15-10(2)7-12(14)16-13/h3-7H,8H2,1-2H3,(H2,14,15,16). The highest BCUT2D eigenvalue weighted by molar-refractivity contribution is 5.31. The van der Waals surface area contributed by atoms with Crippen LogP contribution in [0.15, 0.2) is 30.3 Å². The van der Waals surface area contributed by atoms with Gasteiger partial charge in [0.05, 0.1) is 0 Å². The molecule has 0 saturated carbocycles. The van der Waals surface area contributed by atoms with Crippen molar-refractivity contribution in [3.05, 3.63) is 53.0 Å². The zero-order valence-corrected chi connectivity index (χ0v) is 9.57. The van der Waals surface area contributed by atoms with Crippen LogP contribution in [0.4, 0.5) is 5.82 Å². The lowest BCUT2D eigenvalue weighted by Gasteiger charge is -2.03. The van der Waals surface area contributed by atoms with Crippen molar-refractivity contribution < 1.29 is 0 Å². The van der Waals surface area contributed by atoms with Gasteiger partial charge in [-0.3, -0.25) is 0 Å². The summed E-state index contributed by atoms with van der Waals surface area (Å²) < 4.78 is 0. The molecule has 0 saturated heterocycles. The average molecular weight is 213 g/mol. The lowest BCUT2D eigenvalue weighted by molar-refractivity contribution is 0.948. The van der Waals surface area contributed by atoms with Crippen LogP contribution in [0.25, 0.3) is 0 Å². The molecular formula is C13H15N3. The first-order chi connectivity index (χ1) is 7.63. The third-order valence-electron chi connectivity index (χ3n) is 2.40. The predicted molar refractivity (Wildman–Crippen MR) is 65.2 cm³/mol. The van der Waals surface area contributed by atoms with Crippen LogP contribution in [0.5, 0.6) is 0 Å². The molecule has 0 atom stereocenters. The molecule has 1 aromatic carbocycles. The molecule has 2 rings (SSSR count). The van der Waals surface area contributed by atoms with Gasteiger partial charge in [0.1, 0.15) is 11.6 Å². The summed E-state index contributed by atoms with van der Waals surface area (Å²) in [7, 11) is 0. The highest BCUT2D eigenvalue weighted by atomic mass is 14.9. The fraction of sp³-hybridized carbons (Fsp3) is 0.231. The van der Waals surface area contributed by atoms with Crippen molar-refractivity contribution in [3.63, 3.8) is 0 Å². The molecule has 1 aromatic heterocycles. The lowest BCUT2D eigenvalue weighted by Crippen LogP contribution is -2.02. The van der Waals surface area contributed by atoms with E-state index >= 15 is 0 Å². The van der Waals surface area contributed by atoms with Gasteiger partial charge in [-0.15, -0.1) is 0 Å². The van der Waals surface area contributed by atoms with Gasteiger partial charge in [-0.25, -0.2) is 9.97 Å². The number of aryl methyl sites for hydroxylation is 2. The third kappa shape index (κ3) is 2.57. The van der Waals surface area contributed by atoms with E-state index in [0.717, 1.165) is 17.9 Å². The number of rotatable bonds is 2. The Bertz CT molecular complexity index is 469. The first-order valence-electron chi connectivity index (χ1n) is 5.29. The SMILES string of the molecule is Cc1ccc(Cc2nc(C)cc(N)n2)cc1. The Kier molecular flexibility index (Phi) is 2.86. The minimum absolute atomic E-state index is 0.537. The largest absolute Gasteiger partial charge is 0.384 e. The van der Waals surface area contributed by atoms with Gasteiger partial charge < -0.3 is 5.73 Å². The van der Waals surface area contributed by atoms with E-state index in [9.17, 15) is 0 Å². The summed E-state index contributed by atoms with van der Waals surface area (Å²) in [6.45, 7) is 4.00. The molecule has 0 bridgehead atoms. The first-order valence-corrected chi connectivity index (χ1v) is 5.29. The third-order valence-corrected chi connectivity index (χ3v) is 2.40. The Morgan fingerprint density at radius 1 is 1.06 bits per heavy atom. The van der Waals surface area contributed by atoms with Gasteiger partial charge in [0, 0.05) is 18.2 Å². The molecule has 0 aliphatic carbocycles. The van der Waals surface area contributed by atoms with Crippen LogP contribution < -0.4 is 5.73 Å². The maximum absolute atomic E-state index is 5.69. The molecule has 0 fully saturated rings. The van der Waals surface area contributed by atoms with Crippen LogP contribution in [-0.2, 0) is 6.42 Å². The Balaban J connectivity index is 2.23. The van der Waals surface area contributed by atoms with E-state index in [1.807, 2.05) is 6.92 Å². The monoisotopic (exact) mass is 213 g/mol. The number of nitrogen functional groups attached to an aromatic ring is 1. The van der Waals surface area contributed by atoms with Gasteiger partial charge in [0.2, 0.25) is 0 Å². The summed E-state index contributed by atoms with van der Waals surface area (Å²) in [5.74, 6) is 1.32. The van der Waals surface area contributed by atoms with Gasteiger partial charge in [0.25, 0.3) is 0 Å². The molecule has 0 amide bonds. The van der Waals surface area contributed by atoms with E-state index in [4.69, 9.17) is 5.73 Å². The van der Waals surface area contributed by atoms with Crippen molar-refractivity contribution in [2.45, 2.75) is 20.3 Å². The van der Waals surface area contributed by atoms with E-state index in [0.29, 0.717) is 5.82 Å². The number of benzene rings is 1. The molecular weight excluding hydrogens is 198 g/mol. The van der Waals surface area contributed by atoms with E-state index in [1.165, 1.54) is 11.1 Å². The van der Waals surface area contributed by atoms with Crippen LogP contribution in [0.2, 0.25) is 0 Å². The normalized spacial score (nSPS) is 10.4. The average Bonchev–Trinajstić information content (AvgIpc) is 2.20. The molecule has 3 nitrogen and oxygen atoms in total. The van der Waals surface area contributed by atoms with Crippen molar-refractivity contribution >= 4 is 5.82 Å². The van der Waals surface area contributed by atoms with Crippen LogP contribution in [0.1, 0.15) is 22.6 Å². The van der Waals surface area contributed by atoms with Crippen molar-refractivity contribution in [1.29, 1.82) is 0 Å². The Labute approximate surface area is 95.4 Å². The molecule has 0 aliphatic heterocycles. The molecule has 16 heavy (non-hydrogen) atoms. The van der Waals surface area contributed by atoms with Crippen LogP contribution in [-0.4, -0.2) is 9.97 Å². The fourth-order valence-electron chi connectivity index (χ4n) is 1.62. The predicted octanol–water partition coefficient (Wildman–Crippen LogP) is 2.27. The van der Waals surface area contributed by atoms with E-state index in [1.54, 1.807) is 6.07 Å². The van der Waals surface area contributed by atoms with Gasteiger partial charge in [-0.2, -0.15) is 0 Å². The van der Waals surface area contributed by atoms with Crippen molar-refractivity contribution in [2.24, 2.45) is 0 Å². The zero-order valence-electron chi connectivity index (χ0n) is 9.57.